The maximum atomic E-state index is 12.8. The van der Waals surface area contributed by atoms with E-state index in [1.807, 2.05) is 22.6 Å². The first-order valence-electron chi connectivity index (χ1n) is 2.84. The van der Waals surface area contributed by atoms with E-state index in [9.17, 15) is 4.39 Å². The topological polar surface area (TPSA) is 0 Å². The van der Waals surface area contributed by atoms with E-state index in [1.54, 1.807) is 6.07 Å². The first-order chi connectivity index (χ1) is 5.15. The Morgan fingerprint density at radius 2 is 2.09 bits per heavy atom. The Kier molecular flexibility index (Phi) is 3.40. The van der Waals surface area contributed by atoms with Gasteiger partial charge in [-0.05, 0) is 40.3 Å². The smallest absolute Gasteiger partial charge is 0.138 e. The Labute approximate surface area is 87.8 Å². The highest BCUT2D eigenvalue weighted by atomic mass is 127. The highest BCUT2D eigenvalue weighted by molar-refractivity contribution is 14.1. The summed E-state index contributed by atoms with van der Waals surface area (Å²) in [6.45, 7) is 0. The minimum atomic E-state index is -0.301. The van der Waals surface area contributed by atoms with E-state index in [4.69, 9.17) is 23.2 Å². The van der Waals surface area contributed by atoms with Gasteiger partial charge >= 0.3 is 0 Å². The lowest BCUT2D eigenvalue weighted by molar-refractivity contribution is 0.620. The molecule has 0 aromatic heterocycles. The summed E-state index contributed by atoms with van der Waals surface area (Å²) < 4.78 is 13.3. The largest absolute Gasteiger partial charge is 0.206 e. The normalized spacial score (nSPS) is 10.2. The Bertz CT molecular complexity index is 275. The second-order valence-corrected chi connectivity index (χ2v) is 3.83. The standard InChI is InChI=1S/C7H4Cl2FI/c8-3-4-1-7(11)6(10)2-5(4)9/h1-2H,3H2. The van der Waals surface area contributed by atoms with Gasteiger partial charge in [0.2, 0.25) is 0 Å². The third-order valence-electron chi connectivity index (χ3n) is 1.23. The van der Waals surface area contributed by atoms with E-state index in [2.05, 4.69) is 0 Å². The van der Waals surface area contributed by atoms with Crippen LogP contribution < -0.4 is 0 Å². The number of halogens is 4. The minimum Gasteiger partial charge on any atom is -0.206 e. The molecule has 1 aromatic rings. The summed E-state index contributed by atoms with van der Waals surface area (Å²) in [5.41, 5.74) is 0.763. The summed E-state index contributed by atoms with van der Waals surface area (Å²) in [7, 11) is 0. The zero-order valence-corrected chi connectivity index (χ0v) is 9.04. The fraction of sp³-hybridized carbons (Fsp3) is 0.143. The van der Waals surface area contributed by atoms with Crippen LogP contribution in [-0.2, 0) is 5.88 Å². The predicted molar refractivity (Wildman–Crippen MR) is 53.7 cm³/mol. The number of rotatable bonds is 1. The van der Waals surface area contributed by atoms with Crippen molar-refractivity contribution in [2.75, 3.05) is 0 Å². The molecule has 0 aliphatic rings. The van der Waals surface area contributed by atoms with Crippen LogP contribution in [0.3, 0.4) is 0 Å². The van der Waals surface area contributed by atoms with E-state index in [0.717, 1.165) is 5.56 Å². The lowest BCUT2D eigenvalue weighted by Gasteiger charge is -2.00. The fourth-order valence-corrected chi connectivity index (χ4v) is 1.70. The zero-order valence-electron chi connectivity index (χ0n) is 5.37. The first-order valence-corrected chi connectivity index (χ1v) is 4.83. The first kappa shape index (κ1) is 9.55. The molecule has 0 N–H and O–H groups in total. The molecule has 1 aromatic carbocycles. The molecule has 0 aliphatic carbocycles. The van der Waals surface area contributed by atoms with E-state index >= 15 is 0 Å². The molecule has 4 heteroatoms. The molecule has 11 heavy (non-hydrogen) atoms. The van der Waals surface area contributed by atoms with Crippen LogP contribution in [0.15, 0.2) is 12.1 Å². The maximum absolute atomic E-state index is 12.8. The third-order valence-corrected chi connectivity index (χ3v) is 2.70. The highest BCUT2D eigenvalue weighted by Crippen LogP contribution is 2.23. The van der Waals surface area contributed by atoms with E-state index in [-0.39, 0.29) is 5.82 Å². The number of hydrogen-bond acceptors (Lipinski definition) is 0. The molecule has 0 radical (unpaired) electrons. The van der Waals surface area contributed by atoms with Crippen molar-refractivity contribution >= 4 is 45.8 Å². The molecule has 0 amide bonds. The van der Waals surface area contributed by atoms with Gasteiger partial charge in [-0.25, -0.2) is 4.39 Å². The van der Waals surface area contributed by atoms with Crippen molar-refractivity contribution < 1.29 is 4.39 Å². The van der Waals surface area contributed by atoms with Crippen LogP contribution >= 0.6 is 45.8 Å². The van der Waals surface area contributed by atoms with Gasteiger partial charge in [-0.3, -0.25) is 0 Å². The molecule has 0 fully saturated rings. The van der Waals surface area contributed by atoms with E-state index in [0.29, 0.717) is 14.5 Å². The molecule has 0 atom stereocenters. The number of hydrogen-bond donors (Lipinski definition) is 0. The molecule has 0 heterocycles. The summed E-state index contributed by atoms with van der Waals surface area (Å²) in [6.07, 6.45) is 0. The molecule has 60 valence electrons. The van der Waals surface area contributed by atoms with E-state index < -0.39 is 0 Å². The Balaban J connectivity index is 3.21. The fourth-order valence-electron chi connectivity index (χ4n) is 0.666. The van der Waals surface area contributed by atoms with Crippen molar-refractivity contribution in [2.45, 2.75) is 5.88 Å². The molecule has 0 bridgehead atoms. The van der Waals surface area contributed by atoms with Crippen LogP contribution in [-0.4, -0.2) is 0 Å². The lowest BCUT2D eigenvalue weighted by Crippen LogP contribution is -1.86. The van der Waals surface area contributed by atoms with Crippen LogP contribution in [0.5, 0.6) is 0 Å². The van der Waals surface area contributed by atoms with Crippen LogP contribution in [0, 0.1) is 9.39 Å². The Morgan fingerprint density at radius 3 is 2.64 bits per heavy atom. The third kappa shape index (κ3) is 2.20. The number of benzene rings is 1. The predicted octanol–water partition coefficient (Wildman–Crippen LogP) is 3.82. The van der Waals surface area contributed by atoms with Crippen molar-refractivity contribution in [3.8, 4) is 0 Å². The maximum Gasteiger partial charge on any atom is 0.138 e. The van der Waals surface area contributed by atoms with Gasteiger partial charge in [-0.15, -0.1) is 11.6 Å². The second kappa shape index (κ2) is 3.92. The lowest BCUT2D eigenvalue weighted by atomic mass is 10.2. The van der Waals surface area contributed by atoms with Crippen LogP contribution in [0.4, 0.5) is 4.39 Å². The summed E-state index contributed by atoms with van der Waals surface area (Å²) in [4.78, 5) is 0. The van der Waals surface area contributed by atoms with Gasteiger partial charge in [0.05, 0.1) is 0 Å². The summed E-state index contributed by atoms with van der Waals surface area (Å²) in [5, 5.41) is 0.387. The van der Waals surface area contributed by atoms with Gasteiger partial charge in [-0.2, -0.15) is 0 Å². The van der Waals surface area contributed by atoms with Gasteiger partial charge < -0.3 is 0 Å². The average molecular weight is 305 g/mol. The molecule has 0 nitrogen and oxygen atoms in total. The van der Waals surface area contributed by atoms with Gasteiger partial charge in [0, 0.05) is 14.5 Å². The molecular formula is C7H4Cl2FI. The van der Waals surface area contributed by atoms with Crippen molar-refractivity contribution in [1.82, 2.24) is 0 Å². The highest BCUT2D eigenvalue weighted by Gasteiger charge is 2.04. The second-order valence-electron chi connectivity index (χ2n) is 1.99. The molecule has 0 saturated heterocycles. The van der Waals surface area contributed by atoms with Crippen LogP contribution in [0.2, 0.25) is 5.02 Å². The molecule has 1 rings (SSSR count). The van der Waals surface area contributed by atoms with Crippen molar-refractivity contribution in [3.05, 3.63) is 32.1 Å². The average Bonchev–Trinajstić information content (AvgIpc) is 1.97. The van der Waals surface area contributed by atoms with Crippen LogP contribution in [0.1, 0.15) is 5.56 Å². The molecular weight excluding hydrogens is 301 g/mol. The molecule has 0 saturated carbocycles. The summed E-state index contributed by atoms with van der Waals surface area (Å²) in [5.74, 6) is 0.0132. The minimum absolute atomic E-state index is 0.301. The Morgan fingerprint density at radius 1 is 1.45 bits per heavy atom. The van der Waals surface area contributed by atoms with Crippen molar-refractivity contribution in [3.63, 3.8) is 0 Å². The summed E-state index contributed by atoms with van der Waals surface area (Å²) >= 11 is 13.1. The molecule has 0 spiro atoms. The van der Waals surface area contributed by atoms with Gasteiger partial charge in [0.25, 0.3) is 0 Å². The van der Waals surface area contributed by atoms with E-state index in [1.165, 1.54) is 6.07 Å². The van der Waals surface area contributed by atoms with Crippen LogP contribution in [0.25, 0.3) is 0 Å². The number of alkyl halides is 1. The molecule has 0 aliphatic heterocycles. The monoisotopic (exact) mass is 304 g/mol. The summed E-state index contributed by atoms with van der Waals surface area (Å²) in [6, 6.07) is 2.92. The van der Waals surface area contributed by atoms with Crippen molar-refractivity contribution in [1.29, 1.82) is 0 Å². The van der Waals surface area contributed by atoms with Gasteiger partial charge in [0.1, 0.15) is 5.82 Å². The SMILES string of the molecule is Fc1cc(Cl)c(CCl)cc1I. The molecule has 0 unspecified atom stereocenters. The van der Waals surface area contributed by atoms with Crippen molar-refractivity contribution in [2.24, 2.45) is 0 Å². The van der Waals surface area contributed by atoms with Gasteiger partial charge in [-0.1, -0.05) is 11.6 Å². The Hall–Kier alpha value is 0.460. The zero-order chi connectivity index (χ0) is 8.43. The quantitative estimate of drug-likeness (QED) is 0.420. The van der Waals surface area contributed by atoms with Gasteiger partial charge in [0.15, 0.2) is 0 Å².